The Balaban J connectivity index is 2.08. The number of benzene rings is 2. The van der Waals surface area contributed by atoms with E-state index in [0.29, 0.717) is 22.3 Å². The third kappa shape index (κ3) is 2.82. The maximum atomic E-state index is 13.3. The Labute approximate surface area is 166 Å². The molecule has 4 aromatic rings. The Morgan fingerprint density at radius 3 is 2.07 bits per heavy atom. The van der Waals surface area contributed by atoms with Crippen LogP contribution in [0.1, 0.15) is 5.69 Å². The Morgan fingerprint density at radius 2 is 1.50 bits per heavy atom. The quantitative estimate of drug-likeness (QED) is 0.521. The van der Waals surface area contributed by atoms with E-state index in [1.165, 1.54) is 0 Å². The predicted octanol–water partition coefficient (Wildman–Crippen LogP) is 4.13. The van der Waals surface area contributed by atoms with Crippen LogP contribution in [0.15, 0.2) is 59.5 Å². The van der Waals surface area contributed by atoms with E-state index in [4.69, 9.17) is 21.1 Å². The van der Waals surface area contributed by atoms with Crippen molar-refractivity contribution < 1.29 is 9.47 Å². The van der Waals surface area contributed by atoms with Gasteiger partial charge >= 0.3 is 0 Å². The zero-order valence-corrected chi connectivity index (χ0v) is 16.4. The Hall–Kier alpha value is -3.25. The SMILES string of the molecule is COc1ccc(-c2c(Cl)n3c(C)cnc3c(=O)n2-c2ccc(OC)cc2)cc1. The smallest absolute Gasteiger partial charge is 0.299 e. The van der Waals surface area contributed by atoms with Crippen LogP contribution in [0.5, 0.6) is 11.5 Å². The molecule has 0 amide bonds. The van der Waals surface area contributed by atoms with E-state index in [-0.39, 0.29) is 11.2 Å². The van der Waals surface area contributed by atoms with Crippen LogP contribution in [0.3, 0.4) is 0 Å². The van der Waals surface area contributed by atoms with E-state index >= 15 is 0 Å². The van der Waals surface area contributed by atoms with Crippen LogP contribution >= 0.6 is 11.6 Å². The predicted molar refractivity (Wildman–Crippen MR) is 109 cm³/mol. The summed E-state index contributed by atoms with van der Waals surface area (Å²) in [4.78, 5) is 17.6. The molecule has 142 valence electrons. The lowest BCUT2D eigenvalue weighted by Gasteiger charge is -2.17. The molecule has 0 N–H and O–H groups in total. The summed E-state index contributed by atoms with van der Waals surface area (Å²) in [6.45, 7) is 1.86. The number of halogens is 1. The average Bonchev–Trinajstić information content (AvgIpc) is 3.13. The lowest BCUT2D eigenvalue weighted by atomic mass is 10.1. The number of aromatic nitrogens is 3. The van der Waals surface area contributed by atoms with Crippen molar-refractivity contribution >= 4 is 17.2 Å². The average molecular weight is 396 g/mol. The second-order valence-corrected chi connectivity index (χ2v) is 6.62. The van der Waals surface area contributed by atoms with Gasteiger partial charge in [-0.2, -0.15) is 0 Å². The standard InChI is InChI=1S/C21H18ClN3O3/c1-13-12-23-20-21(26)25(15-6-10-17(28-3)11-7-15)18(19(22)24(13)20)14-4-8-16(27-2)9-5-14/h4-12H,1-3H3. The molecule has 7 heteroatoms. The number of methoxy groups -OCH3 is 2. The molecule has 0 unspecified atom stereocenters. The molecular weight excluding hydrogens is 378 g/mol. The van der Waals surface area contributed by atoms with Gasteiger partial charge in [0.15, 0.2) is 0 Å². The number of nitrogens with zero attached hydrogens (tertiary/aromatic N) is 3. The molecule has 6 nitrogen and oxygen atoms in total. The molecule has 0 spiro atoms. The van der Waals surface area contributed by atoms with Gasteiger partial charge in [0.2, 0.25) is 5.65 Å². The molecule has 2 heterocycles. The fraction of sp³-hybridized carbons (Fsp3) is 0.143. The summed E-state index contributed by atoms with van der Waals surface area (Å²) in [5, 5.41) is 0.408. The lowest BCUT2D eigenvalue weighted by molar-refractivity contribution is 0.414. The number of hydrogen-bond acceptors (Lipinski definition) is 4. The van der Waals surface area contributed by atoms with Crippen molar-refractivity contribution in [1.29, 1.82) is 0 Å². The van der Waals surface area contributed by atoms with Gasteiger partial charge < -0.3 is 9.47 Å². The Bertz CT molecular complexity index is 1210. The summed E-state index contributed by atoms with van der Waals surface area (Å²) in [7, 11) is 3.20. The number of rotatable bonds is 4. The number of ether oxygens (including phenoxy) is 2. The van der Waals surface area contributed by atoms with Gasteiger partial charge in [-0.05, 0) is 55.5 Å². The highest BCUT2D eigenvalue weighted by atomic mass is 35.5. The minimum atomic E-state index is -0.256. The molecule has 0 saturated carbocycles. The topological polar surface area (TPSA) is 57.8 Å². The molecule has 28 heavy (non-hydrogen) atoms. The Morgan fingerprint density at radius 1 is 0.929 bits per heavy atom. The van der Waals surface area contributed by atoms with Gasteiger partial charge in [0.05, 0.1) is 19.9 Å². The fourth-order valence-electron chi connectivity index (χ4n) is 3.21. The molecule has 0 radical (unpaired) electrons. The third-order valence-corrected chi connectivity index (χ3v) is 4.99. The molecule has 2 aromatic carbocycles. The molecular formula is C21H18ClN3O3. The van der Waals surface area contributed by atoms with Crippen LogP contribution in [0.2, 0.25) is 5.15 Å². The van der Waals surface area contributed by atoms with Crippen LogP contribution in [0.25, 0.3) is 22.6 Å². The molecule has 0 fully saturated rings. The zero-order chi connectivity index (χ0) is 19.8. The normalized spacial score (nSPS) is 11.0. The summed E-state index contributed by atoms with van der Waals surface area (Å²) < 4.78 is 13.7. The van der Waals surface area contributed by atoms with Gasteiger partial charge in [-0.25, -0.2) is 4.98 Å². The second kappa shape index (κ2) is 7.05. The molecule has 0 atom stereocenters. The van der Waals surface area contributed by atoms with Crippen LogP contribution in [-0.2, 0) is 0 Å². The van der Waals surface area contributed by atoms with Crippen molar-refractivity contribution in [2.24, 2.45) is 0 Å². The summed E-state index contributed by atoms with van der Waals surface area (Å²) in [6, 6.07) is 14.6. The van der Waals surface area contributed by atoms with Crippen LogP contribution in [-0.4, -0.2) is 28.2 Å². The first-order valence-electron chi connectivity index (χ1n) is 8.62. The lowest BCUT2D eigenvalue weighted by Crippen LogP contribution is -2.24. The second-order valence-electron chi connectivity index (χ2n) is 6.27. The fourth-order valence-corrected chi connectivity index (χ4v) is 3.62. The third-order valence-electron chi connectivity index (χ3n) is 4.64. The van der Waals surface area contributed by atoms with Crippen molar-refractivity contribution in [1.82, 2.24) is 14.0 Å². The summed E-state index contributed by atoms with van der Waals surface area (Å²) in [5.41, 5.74) is 2.83. The van der Waals surface area contributed by atoms with Gasteiger partial charge in [0.1, 0.15) is 16.7 Å². The largest absolute Gasteiger partial charge is 0.497 e. The van der Waals surface area contributed by atoms with Crippen LogP contribution in [0, 0.1) is 6.92 Å². The molecule has 0 aliphatic rings. The van der Waals surface area contributed by atoms with Crippen molar-refractivity contribution in [3.05, 3.63) is 75.9 Å². The number of imidazole rings is 1. The van der Waals surface area contributed by atoms with Gasteiger partial charge in [-0.1, -0.05) is 11.6 Å². The highest BCUT2D eigenvalue weighted by Crippen LogP contribution is 2.31. The molecule has 2 aromatic heterocycles. The molecule has 0 aliphatic heterocycles. The van der Waals surface area contributed by atoms with E-state index in [0.717, 1.165) is 17.0 Å². The zero-order valence-electron chi connectivity index (χ0n) is 15.6. The summed E-state index contributed by atoms with van der Waals surface area (Å²) >= 11 is 6.79. The van der Waals surface area contributed by atoms with Gasteiger partial charge in [0, 0.05) is 23.1 Å². The number of aryl methyl sites for hydroxylation is 1. The summed E-state index contributed by atoms with van der Waals surface area (Å²) in [5.74, 6) is 1.42. The van der Waals surface area contributed by atoms with E-state index < -0.39 is 0 Å². The number of hydrogen-bond donors (Lipinski definition) is 0. The first-order chi connectivity index (χ1) is 13.5. The maximum absolute atomic E-state index is 13.3. The monoisotopic (exact) mass is 395 g/mol. The van der Waals surface area contributed by atoms with Crippen molar-refractivity contribution in [3.63, 3.8) is 0 Å². The molecule has 4 rings (SSSR count). The minimum Gasteiger partial charge on any atom is -0.497 e. The Kier molecular flexibility index (Phi) is 4.57. The minimum absolute atomic E-state index is 0.256. The van der Waals surface area contributed by atoms with Crippen molar-refractivity contribution in [3.8, 4) is 28.4 Å². The van der Waals surface area contributed by atoms with E-state index in [1.807, 2.05) is 43.3 Å². The first-order valence-corrected chi connectivity index (χ1v) is 9.00. The maximum Gasteiger partial charge on any atom is 0.299 e. The van der Waals surface area contributed by atoms with Gasteiger partial charge in [-0.3, -0.25) is 13.8 Å². The van der Waals surface area contributed by atoms with Crippen molar-refractivity contribution in [2.75, 3.05) is 14.2 Å². The van der Waals surface area contributed by atoms with Gasteiger partial charge in [0.25, 0.3) is 5.56 Å². The van der Waals surface area contributed by atoms with E-state index in [1.54, 1.807) is 41.5 Å². The number of fused-ring (bicyclic) bond motifs is 1. The molecule has 0 saturated heterocycles. The highest BCUT2D eigenvalue weighted by molar-refractivity contribution is 6.32. The highest BCUT2D eigenvalue weighted by Gasteiger charge is 2.20. The van der Waals surface area contributed by atoms with Crippen molar-refractivity contribution in [2.45, 2.75) is 6.92 Å². The van der Waals surface area contributed by atoms with E-state index in [9.17, 15) is 4.79 Å². The van der Waals surface area contributed by atoms with Gasteiger partial charge in [-0.15, -0.1) is 0 Å². The first kappa shape index (κ1) is 18.1. The summed E-state index contributed by atoms with van der Waals surface area (Å²) in [6.07, 6.45) is 1.64. The van der Waals surface area contributed by atoms with Crippen LogP contribution in [0.4, 0.5) is 0 Å². The van der Waals surface area contributed by atoms with E-state index in [2.05, 4.69) is 4.98 Å². The van der Waals surface area contributed by atoms with Crippen LogP contribution < -0.4 is 15.0 Å². The molecule has 0 aliphatic carbocycles. The molecule has 0 bridgehead atoms.